The van der Waals surface area contributed by atoms with Crippen molar-refractivity contribution in [3.05, 3.63) is 0 Å². The summed E-state index contributed by atoms with van der Waals surface area (Å²) in [6.07, 6.45) is 1.50. The number of hydrogen-bond donors (Lipinski definition) is 0. The van der Waals surface area contributed by atoms with Gasteiger partial charge in [0.15, 0.2) is 6.29 Å². The van der Waals surface area contributed by atoms with E-state index in [-0.39, 0.29) is 0 Å². The lowest BCUT2D eigenvalue weighted by Crippen LogP contribution is -2.19. The van der Waals surface area contributed by atoms with Crippen LogP contribution in [0.4, 0.5) is 0 Å². The highest BCUT2D eigenvalue weighted by molar-refractivity contribution is 6.27. The number of carbonyl (C=O) groups is 2. The van der Waals surface area contributed by atoms with Crippen molar-refractivity contribution < 1.29 is 14.3 Å². The van der Waals surface area contributed by atoms with Gasteiger partial charge in [0.1, 0.15) is 6.10 Å². The number of rotatable bonds is 2. The van der Waals surface area contributed by atoms with Crippen molar-refractivity contribution in [2.75, 3.05) is 6.61 Å². The first kappa shape index (κ1) is 6.42. The van der Waals surface area contributed by atoms with Crippen LogP contribution < -0.4 is 0 Å². The number of aldehydes is 1. The van der Waals surface area contributed by atoms with Crippen LogP contribution in [0.25, 0.3) is 0 Å². The van der Waals surface area contributed by atoms with Gasteiger partial charge in [0.25, 0.3) is 0 Å². The van der Waals surface area contributed by atoms with Gasteiger partial charge >= 0.3 is 0 Å². The highest BCUT2D eigenvalue weighted by atomic mass is 16.5. The van der Waals surface area contributed by atoms with Crippen molar-refractivity contribution in [1.82, 2.24) is 0 Å². The smallest absolute Gasteiger partial charge is 0.223 e. The van der Waals surface area contributed by atoms with E-state index in [1.54, 1.807) is 0 Å². The zero-order valence-electron chi connectivity index (χ0n) is 5.00. The van der Waals surface area contributed by atoms with Crippen LogP contribution in [0.5, 0.6) is 0 Å². The second-order valence-corrected chi connectivity index (χ2v) is 2.02. The van der Waals surface area contributed by atoms with Gasteiger partial charge in [-0.2, -0.15) is 0 Å². The van der Waals surface area contributed by atoms with Gasteiger partial charge in [-0.25, -0.2) is 0 Å². The number of ether oxygens (including phenoxy) is 1. The molecule has 3 heteroatoms. The van der Waals surface area contributed by atoms with E-state index in [0.717, 1.165) is 6.42 Å². The Morgan fingerprint density at radius 3 is 2.89 bits per heavy atom. The molecule has 0 radical (unpaired) electrons. The molecule has 50 valence electrons. The molecule has 1 unspecified atom stereocenters. The molecule has 9 heavy (non-hydrogen) atoms. The Kier molecular flexibility index (Phi) is 1.95. The average Bonchev–Trinajstić information content (AvgIpc) is 2.37. The van der Waals surface area contributed by atoms with Crippen LogP contribution in [0, 0.1) is 0 Å². The van der Waals surface area contributed by atoms with Gasteiger partial charge in [0.05, 0.1) is 0 Å². The maximum atomic E-state index is 10.5. The van der Waals surface area contributed by atoms with Gasteiger partial charge in [0.2, 0.25) is 5.78 Å². The second kappa shape index (κ2) is 2.73. The predicted molar refractivity (Wildman–Crippen MR) is 30.0 cm³/mol. The zero-order chi connectivity index (χ0) is 6.69. The first-order valence-electron chi connectivity index (χ1n) is 2.95. The Morgan fingerprint density at radius 1 is 1.67 bits per heavy atom. The molecule has 0 aliphatic carbocycles. The Balaban J connectivity index is 2.41. The Labute approximate surface area is 53.0 Å². The van der Waals surface area contributed by atoms with Crippen LogP contribution in [-0.2, 0) is 14.3 Å². The fraction of sp³-hybridized carbons (Fsp3) is 0.667. The van der Waals surface area contributed by atoms with E-state index < -0.39 is 11.9 Å². The maximum absolute atomic E-state index is 10.5. The van der Waals surface area contributed by atoms with Crippen LogP contribution in [-0.4, -0.2) is 24.8 Å². The highest BCUT2D eigenvalue weighted by Gasteiger charge is 2.22. The highest BCUT2D eigenvalue weighted by Crippen LogP contribution is 2.11. The van der Waals surface area contributed by atoms with Crippen molar-refractivity contribution in [2.45, 2.75) is 18.9 Å². The number of carbonyl (C=O) groups excluding carboxylic acids is 2. The fourth-order valence-electron chi connectivity index (χ4n) is 0.878. The SMILES string of the molecule is O=CC(=O)C1CCCO1. The van der Waals surface area contributed by atoms with E-state index in [2.05, 4.69) is 0 Å². The lowest BCUT2D eigenvalue weighted by Gasteiger charge is -1.99. The van der Waals surface area contributed by atoms with Gasteiger partial charge in [-0.15, -0.1) is 0 Å². The lowest BCUT2D eigenvalue weighted by atomic mass is 10.2. The molecule has 0 spiro atoms. The first-order valence-corrected chi connectivity index (χ1v) is 2.95. The van der Waals surface area contributed by atoms with E-state index in [4.69, 9.17) is 4.74 Å². The molecule has 0 N–H and O–H groups in total. The Bertz CT molecular complexity index is 124. The number of hydrogen-bond acceptors (Lipinski definition) is 3. The summed E-state index contributed by atoms with van der Waals surface area (Å²) in [4.78, 5) is 20.4. The van der Waals surface area contributed by atoms with Crippen LogP contribution in [0.2, 0.25) is 0 Å². The predicted octanol–water partition coefficient (Wildman–Crippen LogP) is -0.0666. The normalized spacial score (nSPS) is 26.0. The van der Waals surface area contributed by atoms with E-state index in [0.29, 0.717) is 19.3 Å². The minimum atomic E-state index is -0.428. The molecule has 1 aliphatic heterocycles. The summed E-state index contributed by atoms with van der Waals surface area (Å²) in [6.45, 7) is 0.615. The largest absolute Gasteiger partial charge is 0.370 e. The minimum Gasteiger partial charge on any atom is -0.370 e. The van der Waals surface area contributed by atoms with Crippen molar-refractivity contribution in [1.29, 1.82) is 0 Å². The van der Waals surface area contributed by atoms with Crippen molar-refractivity contribution in [2.24, 2.45) is 0 Å². The van der Waals surface area contributed by atoms with E-state index in [1.165, 1.54) is 0 Å². The molecule has 0 aromatic heterocycles. The van der Waals surface area contributed by atoms with Crippen molar-refractivity contribution in [3.63, 3.8) is 0 Å². The molecule has 3 nitrogen and oxygen atoms in total. The first-order chi connectivity index (χ1) is 4.34. The summed E-state index contributed by atoms with van der Waals surface area (Å²) in [5.74, 6) is -0.424. The molecule has 1 saturated heterocycles. The summed E-state index contributed by atoms with van der Waals surface area (Å²) < 4.78 is 4.92. The molecule has 1 atom stereocenters. The second-order valence-electron chi connectivity index (χ2n) is 2.02. The molecular formula is C6H8O3. The minimum absolute atomic E-state index is 0.329. The molecule has 1 rings (SSSR count). The van der Waals surface area contributed by atoms with Gasteiger partial charge in [0, 0.05) is 6.61 Å². The van der Waals surface area contributed by atoms with Gasteiger partial charge in [-0.1, -0.05) is 0 Å². The quantitative estimate of drug-likeness (QED) is 0.386. The van der Waals surface area contributed by atoms with Crippen molar-refractivity contribution in [3.8, 4) is 0 Å². The summed E-state index contributed by atoms with van der Waals surface area (Å²) in [5, 5.41) is 0. The third-order valence-corrected chi connectivity index (χ3v) is 1.36. The summed E-state index contributed by atoms with van der Waals surface area (Å²) in [5.41, 5.74) is 0. The molecule has 0 aromatic rings. The summed E-state index contributed by atoms with van der Waals surface area (Å²) in [6, 6.07) is 0. The summed E-state index contributed by atoms with van der Waals surface area (Å²) >= 11 is 0. The topological polar surface area (TPSA) is 43.4 Å². The maximum Gasteiger partial charge on any atom is 0.223 e. The van der Waals surface area contributed by atoms with Gasteiger partial charge in [-0.3, -0.25) is 9.59 Å². The average molecular weight is 128 g/mol. The monoisotopic (exact) mass is 128 g/mol. The zero-order valence-corrected chi connectivity index (χ0v) is 5.00. The van der Waals surface area contributed by atoms with Gasteiger partial charge in [-0.05, 0) is 12.8 Å². The number of Topliss-reactive ketones (excluding diaryl/α,β-unsaturated/α-hetero) is 1. The molecule has 0 bridgehead atoms. The van der Waals surface area contributed by atoms with Gasteiger partial charge < -0.3 is 4.74 Å². The lowest BCUT2D eigenvalue weighted by molar-refractivity contribution is -0.136. The van der Waals surface area contributed by atoms with Crippen molar-refractivity contribution >= 4 is 12.1 Å². The van der Waals surface area contributed by atoms with Crippen LogP contribution in [0.1, 0.15) is 12.8 Å². The van der Waals surface area contributed by atoms with Crippen LogP contribution in [0.15, 0.2) is 0 Å². The Morgan fingerprint density at radius 2 is 2.44 bits per heavy atom. The van der Waals surface area contributed by atoms with Crippen LogP contribution >= 0.6 is 0 Å². The molecular weight excluding hydrogens is 120 g/mol. The van der Waals surface area contributed by atoms with E-state index in [1.807, 2.05) is 0 Å². The molecule has 1 aliphatic rings. The Hall–Kier alpha value is -0.700. The van der Waals surface area contributed by atoms with E-state index >= 15 is 0 Å². The third kappa shape index (κ3) is 1.36. The number of ketones is 1. The van der Waals surface area contributed by atoms with Crippen LogP contribution in [0.3, 0.4) is 0 Å². The molecule has 1 fully saturated rings. The third-order valence-electron chi connectivity index (χ3n) is 1.36. The standard InChI is InChI=1S/C6H8O3/c7-4-5(8)6-2-1-3-9-6/h4,6H,1-3H2. The fourth-order valence-corrected chi connectivity index (χ4v) is 0.878. The van der Waals surface area contributed by atoms with E-state index in [9.17, 15) is 9.59 Å². The molecule has 1 heterocycles. The molecule has 0 amide bonds. The summed E-state index contributed by atoms with van der Waals surface area (Å²) in [7, 11) is 0. The molecule has 0 aromatic carbocycles. The molecule has 0 saturated carbocycles.